The first-order chi connectivity index (χ1) is 22.1. The molecule has 0 radical (unpaired) electrons. The summed E-state index contributed by atoms with van der Waals surface area (Å²) in [7, 11) is 0. The fraction of sp³-hybridized carbons (Fsp3) is 0.0750. The van der Waals surface area contributed by atoms with Gasteiger partial charge in [0.2, 0.25) is 0 Å². The standard InChI is InChI=1S/C40H29N5/c1-40(2)32-18-10-9-16-30(32)36-31(17-11-19-33(36)40)37-43-38(34-22-20-28(24-41-34)26-12-5-3-6-13-26)45-39(44-37)35-23-21-29(25-42-35)27-14-7-4-8-15-27/h3-25H,1-2H3. The molecule has 5 heteroatoms. The molecule has 0 unspecified atom stereocenters. The molecule has 8 rings (SSSR count). The number of fused-ring (bicyclic) bond motifs is 3. The van der Waals surface area contributed by atoms with E-state index in [1.807, 2.05) is 60.9 Å². The first-order valence-corrected chi connectivity index (χ1v) is 15.1. The molecule has 5 nitrogen and oxygen atoms in total. The highest BCUT2D eigenvalue weighted by Gasteiger charge is 2.37. The van der Waals surface area contributed by atoms with E-state index in [1.165, 1.54) is 22.3 Å². The third-order valence-electron chi connectivity index (χ3n) is 8.68. The van der Waals surface area contributed by atoms with Crippen LogP contribution in [0.25, 0.3) is 67.8 Å². The van der Waals surface area contributed by atoms with Crippen LogP contribution in [0.1, 0.15) is 25.0 Å². The van der Waals surface area contributed by atoms with Gasteiger partial charge in [-0.3, -0.25) is 9.97 Å². The largest absolute Gasteiger partial charge is 0.252 e. The van der Waals surface area contributed by atoms with Crippen molar-refractivity contribution in [2.75, 3.05) is 0 Å². The zero-order valence-corrected chi connectivity index (χ0v) is 25.0. The third kappa shape index (κ3) is 4.70. The number of hydrogen-bond acceptors (Lipinski definition) is 5. The van der Waals surface area contributed by atoms with Crippen LogP contribution in [0, 0.1) is 0 Å². The highest BCUT2D eigenvalue weighted by atomic mass is 15.1. The maximum Gasteiger partial charge on any atom is 0.182 e. The molecule has 3 aromatic heterocycles. The van der Waals surface area contributed by atoms with Gasteiger partial charge in [-0.1, -0.05) is 129 Å². The van der Waals surface area contributed by atoms with Gasteiger partial charge in [0.15, 0.2) is 17.5 Å². The predicted octanol–water partition coefficient (Wildman–Crippen LogP) is 9.30. The fourth-order valence-electron chi connectivity index (χ4n) is 6.32. The molecular formula is C40H29N5. The Morgan fingerprint density at radius 3 is 1.44 bits per heavy atom. The first-order valence-electron chi connectivity index (χ1n) is 15.1. The molecule has 7 aromatic rings. The van der Waals surface area contributed by atoms with Crippen LogP contribution >= 0.6 is 0 Å². The van der Waals surface area contributed by atoms with Crippen molar-refractivity contribution in [1.82, 2.24) is 24.9 Å². The number of benzene rings is 4. The second-order valence-electron chi connectivity index (χ2n) is 11.8. The molecule has 0 atom stereocenters. The van der Waals surface area contributed by atoms with Crippen molar-refractivity contribution in [2.45, 2.75) is 19.3 Å². The van der Waals surface area contributed by atoms with Crippen LogP contribution in [-0.2, 0) is 5.41 Å². The van der Waals surface area contributed by atoms with E-state index in [-0.39, 0.29) is 5.41 Å². The van der Waals surface area contributed by atoms with Gasteiger partial charge in [0, 0.05) is 34.5 Å². The highest BCUT2D eigenvalue weighted by Crippen LogP contribution is 2.51. The van der Waals surface area contributed by atoms with Crippen LogP contribution in [0.15, 0.2) is 140 Å². The Hall–Kier alpha value is -5.81. The normalized spacial score (nSPS) is 12.8. The van der Waals surface area contributed by atoms with Crippen molar-refractivity contribution in [2.24, 2.45) is 0 Å². The Balaban J connectivity index is 1.29. The van der Waals surface area contributed by atoms with E-state index in [4.69, 9.17) is 24.9 Å². The van der Waals surface area contributed by atoms with Gasteiger partial charge in [-0.25, -0.2) is 15.0 Å². The van der Waals surface area contributed by atoms with Crippen molar-refractivity contribution in [3.8, 4) is 67.8 Å². The molecule has 0 spiro atoms. The summed E-state index contributed by atoms with van der Waals surface area (Å²) in [4.78, 5) is 24.6. The van der Waals surface area contributed by atoms with Crippen LogP contribution in [0.2, 0.25) is 0 Å². The molecular weight excluding hydrogens is 550 g/mol. The fourth-order valence-corrected chi connectivity index (χ4v) is 6.32. The molecule has 0 N–H and O–H groups in total. The molecule has 3 heterocycles. The lowest BCUT2D eigenvalue weighted by atomic mass is 9.82. The summed E-state index contributed by atoms with van der Waals surface area (Å²) < 4.78 is 0. The smallest absolute Gasteiger partial charge is 0.182 e. The average Bonchev–Trinajstić information content (AvgIpc) is 3.35. The average molecular weight is 580 g/mol. The van der Waals surface area contributed by atoms with E-state index < -0.39 is 0 Å². The molecule has 0 bridgehead atoms. The molecule has 45 heavy (non-hydrogen) atoms. The monoisotopic (exact) mass is 579 g/mol. The number of aromatic nitrogens is 5. The van der Waals surface area contributed by atoms with E-state index in [1.54, 1.807) is 0 Å². The molecule has 1 aliphatic rings. The van der Waals surface area contributed by atoms with E-state index in [9.17, 15) is 0 Å². The predicted molar refractivity (Wildman–Crippen MR) is 180 cm³/mol. The second-order valence-corrected chi connectivity index (χ2v) is 11.8. The van der Waals surface area contributed by atoms with E-state index in [2.05, 4.69) is 92.7 Å². The molecule has 4 aromatic carbocycles. The first kappa shape index (κ1) is 26.8. The number of hydrogen-bond donors (Lipinski definition) is 0. The van der Waals surface area contributed by atoms with Gasteiger partial charge in [-0.05, 0) is 45.5 Å². The highest BCUT2D eigenvalue weighted by molar-refractivity contribution is 5.91. The summed E-state index contributed by atoms with van der Waals surface area (Å²) in [5.41, 5.74) is 11.4. The molecule has 0 saturated carbocycles. The van der Waals surface area contributed by atoms with Crippen molar-refractivity contribution in [3.63, 3.8) is 0 Å². The summed E-state index contributed by atoms with van der Waals surface area (Å²) >= 11 is 0. The SMILES string of the molecule is CC1(C)c2ccccc2-c2c(-c3nc(-c4ccc(-c5ccccc5)cn4)nc(-c4ccc(-c5ccccc5)cn4)n3)cccc21. The lowest BCUT2D eigenvalue weighted by molar-refractivity contribution is 0.660. The third-order valence-corrected chi connectivity index (χ3v) is 8.68. The topological polar surface area (TPSA) is 64.5 Å². The summed E-state index contributed by atoms with van der Waals surface area (Å²) in [6.45, 7) is 4.56. The molecule has 1 aliphatic carbocycles. The Labute approximate surface area is 262 Å². The lowest BCUT2D eigenvalue weighted by Gasteiger charge is -2.21. The van der Waals surface area contributed by atoms with E-state index >= 15 is 0 Å². The van der Waals surface area contributed by atoms with Crippen molar-refractivity contribution >= 4 is 0 Å². The molecule has 0 aliphatic heterocycles. The Kier molecular flexibility index (Phi) is 6.38. The maximum absolute atomic E-state index is 5.05. The van der Waals surface area contributed by atoms with Gasteiger partial charge in [0.1, 0.15) is 11.4 Å². The van der Waals surface area contributed by atoms with Crippen LogP contribution in [0.3, 0.4) is 0 Å². The molecule has 0 amide bonds. The number of rotatable bonds is 5. The molecule has 214 valence electrons. The molecule has 0 fully saturated rings. The summed E-state index contributed by atoms with van der Waals surface area (Å²) in [6, 6.07) is 43.6. The number of nitrogens with zero attached hydrogens (tertiary/aromatic N) is 5. The summed E-state index contributed by atoms with van der Waals surface area (Å²) in [5.74, 6) is 1.61. The molecule has 0 saturated heterocycles. The van der Waals surface area contributed by atoms with Crippen LogP contribution in [0.5, 0.6) is 0 Å². The van der Waals surface area contributed by atoms with Crippen molar-refractivity contribution < 1.29 is 0 Å². The van der Waals surface area contributed by atoms with Gasteiger partial charge < -0.3 is 0 Å². The summed E-state index contributed by atoms with van der Waals surface area (Å²) in [5, 5.41) is 0. The maximum atomic E-state index is 5.05. The van der Waals surface area contributed by atoms with Crippen LogP contribution in [0.4, 0.5) is 0 Å². The second kappa shape index (κ2) is 10.7. The van der Waals surface area contributed by atoms with Crippen molar-refractivity contribution in [3.05, 3.63) is 151 Å². The van der Waals surface area contributed by atoms with E-state index in [0.29, 0.717) is 28.9 Å². The van der Waals surface area contributed by atoms with Crippen LogP contribution in [-0.4, -0.2) is 24.9 Å². The quantitative estimate of drug-likeness (QED) is 0.203. The number of pyridine rings is 2. The summed E-state index contributed by atoms with van der Waals surface area (Å²) in [6.07, 6.45) is 3.75. The lowest BCUT2D eigenvalue weighted by Crippen LogP contribution is -2.14. The zero-order valence-electron chi connectivity index (χ0n) is 25.0. The van der Waals surface area contributed by atoms with Crippen LogP contribution < -0.4 is 0 Å². The van der Waals surface area contributed by atoms with Crippen molar-refractivity contribution in [1.29, 1.82) is 0 Å². The van der Waals surface area contributed by atoms with Gasteiger partial charge in [-0.2, -0.15) is 0 Å². The van der Waals surface area contributed by atoms with Gasteiger partial charge in [0.25, 0.3) is 0 Å². The minimum atomic E-state index is -0.135. The van der Waals surface area contributed by atoms with Gasteiger partial charge in [-0.15, -0.1) is 0 Å². The Morgan fingerprint density at radius 1 is 0.400 bits per heavy atom. The van der Waals surface area contributed by atoms with Gasteiger partial charge in [0.05, 0.1) is 0 Å². The zero-order chi connectivity index (χ0) is 30.4. The minimum absolute atomic E-state index is 0.135. The van der Waals surface area contributed by atoms with Gasteiger partial charge >= 0.3 is 0 Å². The van der Waals surface area contributed by atoms with E-state index in [0.717, 1.165) is 27.8 Å². The minimum Gasteiger partial charge on any atom is -0.252 e. The Morgan fingerprint density at radius 2 is 0.889 bits per heavy atom. The Bertz CT molecular complexity index is 2050.